The average Bonchev–Trinajstić information content (AvgIpc) is 2.62. The van der Waals surface area contributed by atoms with Crippen molar-refractivity contribution in [1.29, 1.82) is 0 Å². The highest BCUT2D eigenvalue weighted by molar-refractivity contribution is 9.10. The summed E-state index contributed by atoms with van der Waals surface area (Å²) in [6.45, 7) is 4.38. The molecule has 2 aromatic heterocycles. The Hall–Kier alpha value is -2.27. The van der Waals surface area contributed by atoms with Gasteiger partial charge in [-0.25, -0.2) is 22.8 Å². The second-order valence-electron chi connectivity index (χ2n) is 7.50. The van der Waals surface area contributed by atoms with Crippen molar-refractivity contribution in [2.24, 2.45) is 10.7 Å². The van der Waals surface area contributed by atoms with Crippen molar-refractivity contribution in [2.75, 3.05) is 5.75 Å². The van der Waals surface area contributed by atoms with Crippen LogP contribution in [0.1, 0.15) is 42.6 Å². The van der Waals surface area contributed by atoms with Gasteiger partial charge < -0.3 is 5.73 Å². The van der Waals surface area contributed by atoms with Gasteiger partial charge in [-0.2, -0.15) is 0 Å². The van der Waals surface area contributed by atoms with Crippen LogP contribution in [0.25, 0.3) is 0 Å². The summed E-state index contributed by atoms with van der Waals surface area (Å²) < 4.78 is 39.1. The number of rotatable bonds is 4. The van der Waals surface area contributed by atoms with E-state index >= 15 is 0 Å². The fourth-order valence-corrected chi connectivity index (χ4v) is 4.81. The molecule has 0 spiro atoms. The second kappa shape index (κ2) is 7.21. The molecular formula is C18H19BrFN5O3S. The number of hydrogen-bond acceptors (Lipinski definition) is 8. The Balaban J connectivity index is 1.98. The lowest BCUT2D eigenvalue weighted by Gasteiger charge is -2.37. The third-order valence-corrected chi connectivity index (χ3v) is 8.01. The van der Waals surface area contributed by atoms with Gasteiger partial charge in [0.15, 0.2) is 15.6 Å². The van der Waals surface area contributed by atoms with Crippen LogP contribution in [0, 0.1) is 5.82 Å². The molecule has 0 radical (unpaired) electrons. The number of carbonyl (C=O) groups excluding carboxylic acids is 1. The quantitative estimate of drug-likeness (QED) is 0.658. The fourth-order valence-electron chi connectivity index (χ4n) is 2.93. The Morgan fingerprint density at radius 2 is 1.93 bits per heavy atom. The van der Waals surface area contributed by atoms with E-state index in [1.54, 1.807) is 0 Å². The van der Waals surface area contributed by atoms with Gasteiger partial charge >= 0.3 is 0 Å². The van der Waals surface area contributed by atoms with E-state index in [0.29, 0.717) is 4.60 Å². The van der Waals surface area contributed by atoms with Crippen LogP contribution in [0.15, 0.2) is 34.1 Å². The van der Waals surface area contributed by atoms with E-state index in [1.807, 2.05) is 0 Å². The number of sulfone groups is 1. The van der Waals surface area contributed by atoms with Crippen LogP contribution in [0.3, 0.4) is 0 Å². The number of nitrogens with two attached hydrogens (primary N) is 1. The van der Waals surface area contributed by atoms with E-state index < -0.39 is 31.7 Å². The molecule has 0 saturated heterocycles. The first-order valence-electron chi connectivity index (χ1n) is 8.60. The maximum absolute atomic E-state index is 14.6. The van der Waals surface area contributed by atoms with Crippen molar-refractivity contribution in [3.8, 4) is 0 Å². The topological polar surface area (TPSA) is 128 Å². The Morgan fingerprint density at radius 1 is 1.24 bits per heavy atom. The number of ketones is 1. The largest absolute Gasteiger partial charge is 0.386 e. The van der Waals surface area contributed by atoms with E-state index in [2.05, 4.69) is 35.9 Å². The highest BCUT2D eigenvalue weighted by Gasteiger charge is 2.50. The number of amidine groups is 1. The molecule has 3 rings (SSSR count). The van der Waals surface area contributed by atoms with E-state index in [-0.39, 0.29) is 35.1 Å². The smallest absolute Gasteiger partial charge is 0.188 e. The molecule has 0 unspecified atom stereocenters. The Morgan fingerprint density at radius 3 is 2.52 bits per heavy atom. The van der Waals surface area contributed by atoms with Crippen molar-refractivity contribution < 1.29 is 17.6 Å². The molecule has 8 nitrogen and oxygen atoms in total. The van der Waals surface area contributed by atoms with Gasteiger partial charge in [-0.1, -0.05) is 0 Å². The monoisotopic (exact) mass is 483 g/mol. The number of hydrogen-bond donors (Lipinski definition) is 1. The molecule has 0 fully saturated rings. The number of carbonyl (C=O) groups is 1. The van der Waals surface area contributed by atoms with Crippen LogP contribution < -0.4 is 5.73 Å². The minimum Gasteiger partial charge on any atom is -0.386 e. The van der Waals surface area contributed by atoms with Crippen LogP contribution in [0.5, 0.6) is 0 Å². The molecular weight excluding hydrogens is 465 g/mol. The number of aliphatic imine (C=N–C) groups is 1. The second-order valence-corrected chi connectivity index (χ2v) is 10.8. The molecule has 0 aliphatic carbocycles. The molecule has 1 atom stereocenters. The fraction of sp³-hybridized carbons (Fsp3) is 0.389. The van der Waals surface area contributed by atoms with Crippen molar-refractivity contribution in [3.63, 3.8) is 0 Å². The zero-order valence-electron chi connectivity index (χ0n) is 16.0. The summed E-state index contributed by atoms with van der Waals surface area (Å²) in [6, 6.07) is 2.50. The van der Waals surface area contributed by atoms with E-state index in [9.17, 15) is 17.6 Å². The predicted molar refractivity (Wildman–Crippen MR) is 109 cm³/mol. The van der Waals surface area contributed by atoms with Crippen LogP contribution >= 0.6 is 15.9 Å². The van der Waals surface area contributed by atoms with Crippen molar-refractivity contribution in [3.05, 3.63) is 52.0 Å². The number of pyridine rings is 1. The molecule has 2 N–H and O–H groups in total. The molecule has 0 aromatic carbocycles. The van der Waals surface area contributed by atoms with Gasteiger partial charge in [0.05, 0.1) is 24.6 Å². The van der Waals surface area contributed by atoms with Crippen molar-refractivity contribution in [1.82, 2.24) is 15.0 Å². The predicted octanol–water partition coefficient (Wildman–Crippen LogP) is 1.98. The highest BCUT2D eigenvalue weighted by atomic mass is 79.9. The zero-order chi connectivity index (χ0) is 21.6. The summed E-state index contributed by atoms with van der Waals surface area (Å²) in [5.74, 6) is -1.65. The van der Waals surface area contributed by atoms with E-state index in [1.165, 1.54) is 39.2 Å². The van der Waals surface area contributed by atoms with Gasteiger partial charge in [-0.15, -0.1) is 0 Å². The van der Waals surface area contributed by atoms with Gasteiger partial charge in [-0.3, -0.25) is 14.8 Å². The molecule has 29 heavy (non-hydrogen) atoms. The van der Waals surface area contributed by atoms with E-state index in [4.69, 9.17) is 5.73 Å². The minimum atomic E-state index is -3.72. The van der Waals surface area contributed by atoms with Gasteiger partial charge in [0.1, 0.15) is 37.9 Å². The SMILES string of the molecule is CC1(C)C(N)=N[C@](C)(c2nc(CC(=O)c3cnc(Br)cn3)ccc2F)CS1(=O)=O. The summed E-state index contributed by atoms with van der Waals surface area (Å²) >= 11 is 3.14. The molecule has 0 bridgehead atoms. The lowest BCUT2D eigenvalue weighted by molar-refractivity contribution is 0.0986. The van der Waals surface area contributed by atoms with E-state index in [0.717, 1.165) is 6.07 Å². The van der Waals surface area contributed by atoms with Gasteiger partial charge in [0.25, 0.3) is 0 Å². The number of aromatic nitrogens is 3. The first kappa shape index (κ1) is 21.4. The summed E-state index contributed by atoms with van der Waals surface area (Å²) in [5, 5.41) is 0. The highest BCUT2D eigenvalue weighted by Crippen LogP contribution is 2.36. The van der Waals surface area contributed by atoms with Crippen molar-refractivity contribution in [2.45, 2.75) is 37.5 Å². The lowest BCUT2D eigenvalue weighted by Crippen LogP contribution is -2.55. The third-order valence-electron chi connectivity index (χ3n) is 4.89. The molecule has 0 saturated carbocycles. The Bertz CT molecular complexity index is 1120. The molecule has 0 amide bonds. The molecule has 1 aliphatic heterocycles. The van der Waals surface area contributed by atoms with Gasteiger partial charge in [-0.05, 0) is 48.8 Å². The molecule has 2 aromatic rings. The van der Waals surface area contributed by atoms with Crippen LogP contribution in [0.2, 0.25) is 0 Å². The zero-order valence-corrected chi connectivity index (χ0v) is 18.4. The normalized spacial score (nSPS) is 22.7. The summed E-state index contributed by atoms with van der Waals surface area (Å²) in [5.41, 5.74) is 4.62. The lowest BCUT2D eigenvalue weighted by atomic mass is 9.97. The minimum absolute atomic E-state index is 0.112. The number of nitrogens with zero attached hydrogens (tertiary/aromatic N) is 4. The van der Waals surface area contributed by atoms with Gasteiger partial charge in [0.2, 0.25) is 0 Å². The summed E-state index contributed by atoms with van der Waals surface area (Å²) in [7, 11) is -3.72. The average molecular weight is 484 g/mol. The summed E-state index contributed by atoms with van der Waals surface area (Å²) in [6.07, 6.45) is 2.56. The van der Waals surface area contributed by atoms with Crippen LogP contribution in [-0.2, 0) is 21.8 Å². The number of halogens is 2. The van der Waals surface area contributed by atoms with Crippen LogP contribution in [0.4, 0.5) is 4.39 Å². The standard InChI is InChI=1S/C18H19BrFN5O3S/c1-17(2)16(21)25-18(3,9-29(17,27)28)15-11(20)5-4-10(24-15)6-13(26)12-7-23-14(19)8-22-12/h4-5,7-8H,6,9H2,1-3H3,(H2,21,25)/t18-/m0/s1. The van der Waals surface area contributed by atoms with Crippen LogP contribution in [-0.4, -0.2) is 45.5 Å². The molecule has 1 aliphatic rings. The number of Topliss-reactive ketones (excluding diaryl/α,β-unsaturated/α-hetero) is 1. The summed E-state index contributed by atoms with van der Waals surface area (Å²) in [4.78, 5) is 28.9. The van der Waals surface area contributed by atoms with Gasteiger partial charge in [0, 0.05) is 5.69 Å². The molecule has 11 heteroatoms. The first-order valence-corrected chi connectivity index (χ1v) is 11.0. The van der Waals surface area contributed by atoms with Crippen molar-refractivity contribution >= 4 is 37.4 Å². The molecule has 154 valence electrons. The third kappa shape index (κ3) is 3.93. The maximum Gasteiger partial charge on any atom is 0.188 e. The Kier molecular flexibility index (Phi) is 5.33. The Labute approximate surface area is 175 Å². The first-order chi connectivity index (χ1) is 13.4. The molecule has 3 heterocycles. The maximum atomic E-state index is 14.6.